The molecule has 1 unspecified atom stereocenters. The SMILES string of the molecule is CCCc1ccc2c(OC(=O)C(C)CCC)c(OCC)cc(O)c2c1. The zero-order valence-electron chi connectivity index (χ0n) is 15.6. The van der Waals surface area contributed by atoms with Gasteiger partial charge in [0, 0.05) is 16.8 Å². The van der Waals surface area contributed by atoms with Crippen LogP contribution in [0.2, 0.25) is 0 Å². The Morgan fingerprint density at radius 1 is 1.12 bits per heavy atom. The zero-order valence-corrected chi connectivity index (χ0v) is 15.6. The topological polar surface area (TPSA) is 55.8 Å². The van der Waals surface area contributed by atoms with Gasteiger partial charge in [-0.15, -0.1) is 0 Å². The molecule has 0 aliphatic heterocycles. The first-order chi connectivity index (χ1) is 12.0. The van der Waals surface area contributed by atoms with Gasteiger partial charge < -0.3 is 14.6 Å². The van der Waals surface area contributed by atoms with E-state index < -0.39 is 0 Å². The summed E-state index contributed by atoms with van der Waals surface area (Å²) in [5.74, 6) is 0.478. The number of hydrogen-bond donors (Lipinski definition) is 1. The molecule has 0 heterocycles. The third kappa shape index (κ3) is 4.44. The van der Waals surface area contributed by atoms with E-state index in [2.05, 4.69) is 6.92 Å². The maximum absolute atomic E-state index is 12.4. The minimum Gasteiger partial charge on any atom is -0.507 e. The number of rotatable bonds is 8. The van der Waals surface area contributed by atoms with E-state index in [0.29, 0.717) is 28.9 Å². The van der Waals surface area contributed by atoms with Crippen molar-refractivity contribution in [2.45, 2.75) is 53.4 Å². The molecule has 0 fully saturated rings. The van der Waals surface area contributed by atoms with Gasteiger partial charge in [-0.1, -0.05) is 45.7 Å². The van der Waals surface area contributed by atoms with Crippen molar-refractivity contribution < 1.29 is 19.4 Å². The molecule has 0 aromatic heterocycles. The van der Waals surface area contributed by atoms with Crippen molar-refractivity contribution in [2.24, 2.45) is 5.92 Å². The van der Waals surface area contributed by atoms with Crippen LogP contribution in [0.5, 0.6) is 17.2 Å². The number of benzene rings is 2. The van der Waals surface area contributed by atoms with Crippen LogP contribution in [0.3, 0.4) is 0 Å². The monoisotopic (exact) mass is 344 g/mol. The highest BCUT2D eigenvalue weighted by atomic mass is 16.6. The van der Waals surface area contributed by atoms with Crippen LogP contribution in [0.4, 0.5) is 0 Å². The van der Waals surface area contributed by atoms with Crippen molar-refractivity contribution in [3.8, 4) is 17.2 Å². The molecule has 1 N–H and O–H groups in total. The molecule has 0 aliphatic carbocycles. The second kappa shape index (κ2) is 8.75. The molecule has 136 valence electrons. The van der Waals surface area contributed by atoms with Crippen LogP contribution in [0, 0.1) is 5.92 Å². The lowest BCUT2D eigenvalue weighted by Crippen LogP contribution is -2.18. The van der Waals surface area contributed by atoms with E-state index in [0.717, 1.165) is 31.2 Å². The highest BCUT2D eigenvalue weighted by Crippen LogP contribution is 2.42. The number of fused-ring (bicyclic) bond motifs is 1. The zero-order chi connectivity index (χ0) is 18.4. The number of esters is 1. The first-order valence-electron chi connectivity index (χ1n) is 9.14. The Balaban J connectivity index is 2.52. The summed E-state index contributed by atoms with van der Waals surface area (Å²) in [5, 5.41) is 11.8. The fraction of sp³-hybridized carbons (Fsp3) is 0.476. The smallest absolute Gasteiger partial charge is 0.314 e. The Labute approximate surface area is 149 Å². The molecule has 0 aliphatic rings. The summed E-state index contributed by atoms with van der Waals surface area (Å²) in [5.41, 5.74) is 1.14. The van der Waals surface area contributed by atoms with Crippen LogP contribution in [0.25, 0.3) is 10.8 Å². The summed E-state index contributed by atoms with van der Waals surface area (Å²) in [7, 11) is 0. The number of aryl methyl sites for hydroxylation is 1. The van der Waals surface area contributed by atoms with Gasteiger partial charge in [-0.25, -0.2) is 0 Å². The number of phenolic OH excluding ortho intramolecular Hbond substituents is 1. The molecular weight excluding hydrogens is 316 g/mol. The molecule has 0 amide bonds. The molecule has 2 aromatic carbocycles. The fourth-order valence-corrected chi connectivity index (χ4v) is 2.97. The lowest BCUT2D eigenvalue weighted by atomic mass is 10.0. The Morgan fingerprint density at radius 3 is 2.52 bits per heavy atom. The Morgan fingerprint density at radius 2 is 1.88 bits per heavy atom. The van der Waals surface area contributed by atoms with E-state index in [1.807, 2.05) is 39.0 Å². The molecule has 0 bridgehead atoms. The van der Waals surface area contributed by atoms with E-state index in [4.69, 9.17) is 9.47 Å². The van der Waals surface area contributed by atoms with E-state index >= 15 is 0 Å². The summed E-state index contributed by atoms with van der Waals surface area (Å²) >= 11 is 0. The summed E-state index contributed by atoms with van der Waals surface area (Å²) in [4.78, 5) is 12.4. The Bertz CT molecular complexity index is 736. The van der Waals surface area contributed by atoms with Gasteiger partial charge in [0.15, 0.2) is 11.5 Å². The van der Waals surface area contributed by atoms with Crippen molar-refractivity contribution in [1.82, 2.24) is 0 Å². The van der Waals surface area contributed by atoms with E-state index in [1.54, 1.807) is 0 Å². The minimum absolute atomic E-state index is 0.137. The molecule has 4 nitrogen and oxygen atoms in total. The van der Waals surface area contributed by atoms with Crippen LogP contribution in [0.15, 0.2) is 24.3 Å². The molecule has 25 heavy (non-hydrogen) atoms. The summed E-state index contributed by atoms with van der Waals surface area (Å²) in [6.45, 7) is 8.31. The summed E-state index contributed by atoms with van der Waals surface area (Å²) in [6, 6.07) is 7.40. The van der Waals surface area contributed by atoms with Crippen LogP contribution in [-0.4, -0.2) is 17.7 Å². The first kappa shape index (κ1) is 19.1. The molecule has 0 saturated carbocycles. The number of aromatic hydroxyl groups is 1. The molecular formula is C21H28O4. The number of hydrogen-bond acceptors (Lipinski definition) is 4. The minimum atomic E-state index is -0.271. The number of phenols is 1. The molecule has 2 rings (SSSR count). The standard InChI is InChI=1S/C21H28O4/c1-5-8-14(4)21(23)25-20-16-11-10-15(9-6-2)12-17(16)18(22)13-19(20)24-7-3/h10-14,22H,5-9H2,1-4H3. The lowest BCUT2D eigenvalue weighted by Gasteiger charge is -2.17. The van der Waals surface area contributed by atoms with Crippen LogP contribution < -0.4 is 9.47 Å². The fourth-order valence-electron chi connectivity index (χ4n) is 2.97. The van der Waals surface area contributed by atoms with Crippen molar-refractivity contribution in [3.05, 3.63) is 29.8 Å². The van der Waals surface area contributed by atoms with Gasteiger partial charge in [0.05, 0.1) is 12.5 Å². The van der Waals surface area contributed by atoms with Gasteiger partial charge in [0.1, 0.15) is 5.75 Å². The molecule has 0 radical (unpaired) electrons. The normalized spacial score (nSPS) is 12.2. The molecule has 1 atom stereocenters. The van der Waals surface area contributed by atoms with Crippen molar-refractivity contribution in [3.63, 3.8) is 0 Å². The largest absolute Gasteiger partial charge is 0.507 e. The van der Waals surface area contributed by atoms with Crippen LogP contribution in [-0.2, 0) is 11.2 Å². The number of carbonyl (C=O) groups is 1. The van der Waals surface area contributed by atoms with E-state index in [-0.39, 0.29) is 17.6 Å². The number of ether oxygens (including phenoxy) is 2. The molecule has 2 aromatic rings. The van der Waals surface area contributed by atoms with Gasteiger partial charge >= 0.3 is 5.97 Å². The van der Waals surface area contributed by atoms with Gasteiger partial charge in [-0.05, 0) is 31.4 Å². The number of carbonyl (C=O) groups excluding carboxylic acids is 1. The van der Waals surface area contributed by atoms with Gasteiger partial charge in [-0.2, -0.15) is 0 Å². The highest BCUT2D eigenvalue weighted by Gasteiger charge is 2.21. The third-order valence-electron chi connectivity index (χ3n) is 4.26. The van der Waals surface area contributed by atoms with E-state index in [1.165, 1.54) is 6.07 Å². The predicted octanol–water partition coefficient (Wildman–Crippen LogP) is 5.24. The maximum Gasteiger partial charge on any atom is 0.314 e. The van der Waals surface area contributed by atoms with Gasteiger partial charge in [0.2, 0.25) is 0 Å². The van der Waals surface area contributed by atoms with Crippen molar-refractivity contribution in [2.75, 3.05) is 6.61 Å². The predicted molar refractivity (Wildman–Crippen MR) is 100 cm³/mol. The summed E-state index contributed by atoms with van der Waals surface area (Å²) in [6.07, 6.45) is 3.66. The maximum atomic E-state index is 12.4. The quantitative estimate of drug-likeness (QED) is 0.526. The average molecular weight is 344 g/mol. The van der Waals surface area contributed by atoms with Crippen LogP contribution >= 0.6 is 0 Å². The van der Waals surface area contributed by atoms with Gasteiger partial charge in [-0.3, -0.25) is 4.79 Å². The highest BCUT2D eigenvalue weighted by molar-refractivity contribution is 5.97. The third-order valence-corrected chi connectivity index (χ3v) is 4.26. The first-order valence-corrected chi connectivity index (χ1v) is 9.14. The van der Waals surface area contributed by atoms with Crippen molar-refractivity contribution >= 4 is 16.7 Å². The summed E-state index contributed by atoms with van der Waals surface area (Å²) < 4.78 is 11.3. The van der Waals surface area contributed by atoms with Gasteiger partial charge in [0.25, 0.3) is 0 Å². The second-order valence-corrected chi connectivity index (χ2v) is 6.40. The molecule has 4 heteroatoms. The molecule has 0 spiro atoms. The average Bonchev–Trinajstić information content (AvgIpc) is 2.59. The lowest BCUT2D eigenvalue weighted by molar-refractivity contribution is -0.138. The molecule has 0 saturated heterocycles. The van der Waals surface area contributed by atoms with E-state index in [9.17, 15) is 9.90 Å². The Hall–Kier alpha value is -2.23. The second-order valence-electron chi connectivity index (χ2n) is 6.40. The Kier molecular flexibility index (Phi) is 6.68. The van der Waals surface area contributed by atoms with Crippen molar-refractivity contribution in [1.29, 1.82) is 0 Å². The van der Waals surface area contributed by atoms with Crippen LogP contribution in [0.1, 0.15) is 52.5 Å².